The number of thiocarbonyl (C=S) groups is 1. The average Bonchev–Trinajstić information content (AvgIpc) is 3.05. The Hall–Kier alpha value is -1.88. The minimum absolute atomic E-state index is 0.0962. The van der Waals surface area contributed by atoms with Crippen LogP contribution in [0.2, 0.25) is 0 Å². The van der Waals surface area contributed by atoms with Gasteiger partial charge in [-0.05, 0) is 42.9 Å². The van der Waals surface area contributed by atoms with Crippen LogP contribution in [0.4, 0.5) is 0 Å². The van der Waals surface area contributed by atoms with Gasteiger partial charge in [-0.15, -0.1) is 0 Å². The third kappa shape index (κ3) is 2.53. The topological polar surface area (TPSA) is 33.1 Å². The van der Waals surface area contributed by atoms with E-state index in [-0.39, 0.29) is 12.1 Å². The molecule has 110 valence electrons. The van der Waals surface area contributed by atoms with Crippen LogP contribution in [0.25, 0.3) is 0 Å². The molecule has 2 unspecified atom stereocenters. The lowest BCUT2D eigenvalue weighted by Gasteiger charge is -2.27. The minimum atomic E-state index is 0.0962. The zero-order valence-corrected chi connectivity index (χ0v) is 13.2. The van der Waals surface area contributed by atoms with Crippen molar-refractivity contribution in [1.29, 1.82) is 0 Å². The quantitative estimate of drug-likeness (QED) is 0.880. The molecule has 0 radical (unpaired) electrons. The Morgan fingerprint density at radius 3 is 2.76 bits per heavy atom. The van der Waals surface area contributed by atoms with Gasteiger partial charge in [0.2, 0.25) is 0 Å². The van der Waals surface area contributed by atoms with Gasteiger partial charge in [0.1, 0.15) is 0 Å². The second kappa shape index (κ2) is 5.85. The lowest BCUT2D eigenvalue weighted by atomic mass is 10.0. The van der Waals surface area contributed by atoms with Crippen LogP contribution in [0, 0.1) is 0 Å². The summed E-state index contributed by atoms with van der Waals surface area (Å²) in [6.45, 7) is 3.13. The maximum atomic E-state index is 5.56. The third-order valence-electron chi connectivity index (χ3n) is 3.95. The van der Waals surface area contributed by atoms with Crippen LogP contribution in [0.15, 0.2) is 42.7 Å². The second-order valence-corrected chi connectivity index (χ2v) is 5.75. The van der Waals surface area contributed by atoms with Crippen molar-refractivity contribution >= 4 is 17.3 Å². The second-order valence-electron chi connectivity index (χ2n) is 5.36. The van der Waals surface area contributed by atoms with E-state index in [1.807, 2.05) is 18.3 Å². The molecule has 21 heavy (non-hydrogen) atoms. The molecule has 2 aromatic heterocycles. The molecule has 0 amide bonds. The van der Waals surface area contributed by atoms with E-state index in [4.69, 9.17) is 12.2 Å². The molecule has 1 fully saturated rings. The maximum absolute atomic E-state index is 5.56. The lowest BCUT2D eigenvalue weighted by Crippen LogP contribution is -2.31. The first-order valence-corrected chi connectivity index (χ1v) is 7.72. The minimum Gasteiger partial charge on any atom is -0.353 e. The van der Waals surface area contributed by atoms with E-state index >= 15 is 0 Å². The number of rotatable bonds is 4. The highest BCUT2D eigenvalue weighted by atomic mass is 32.1. The summed E-state index contributed by atoms with van der Waals surface area (Å²) in [6, 6.07) is 10.6. The summed E-state index contributed by atoms with van der Waals surface area (Å²) in [6.07, 6.45) is 4.98. The molecule has 2 atom stereocenters. The third-order valence-corrected chi connectivity index (χ3v) is 4.30. The zero-order chi connectivity index (χ0) is 14.8. The number of hydrogen-bond acceptors (Lipinski definition) is 2. The number of aromatic nitrogens is 2. The van der Waals surface area contributed by atoms with Crippen LogP contribution < -0.4 is 5.32 Å². The van der Waals surface area contributed by atoms with Crippen molar-refractivity contribution in [3.8, 4) is 0 Å². The summed E-state index contributed by atoms with van der Waals surface area (Å²) in [4.78, 5) is 6.80. The molecule has 0 aromatic carbocycles. The van der Waals surface area contributed by atoms with Crippen LogP contribution in [0.5, 0.6) is 0 Å². The molecule has 3 heterocycles. The molecule has 3 rings (SSSR count). The van der Waals surface area contributed by atoms with Crippen molar-refractivity contribution in [2.75, 3.05) is 6.54 Å². The highest BCUT2D eigenvalue weighted by Crippen LogP contribution is 2.38. The Kier molecular flexibility index (Phi) is 3.92. The maximum Gasteiger partial charge on any atom is 0.170 e. The molecule has 0 aliphatic carbocycles. The van der Waals surface area contributed by atoms with Gasteiger partial charge in [-0.1, -0.05) is 13.0 Å². The molecule has 5 heteroatoms. The van der Waals surface area contributed by atoms with E-state index in [0.29, 0.717) is 0 Å². The Balaban J connectivity index is 2.03. The number of nitrogens with zero attached hydrogens (tertiary/aromatic N) is 3. The molecule has 1 saturated heterocycles. The van der Waals surface area contributed by atoms with Gasteiger partial charge < -0.3 is 14.8 Å². The predicted octanol–water partition coefficient (Wildman–Crippen LogP) is 2.80. The van der Waals surface area contributed by atoms with Gasteiger partial charge in [0.25, 0.3) is 0 Å². The highest BCUT2D eigenvalue weighted by Gasteiger charge is 2.40. The zero-order valence-electron chi connectivity index (χ0n) is 12.4. The first kappa shape index (κ1) is 14.1. The molecule has 1 aliphatic rings. The van der Waals surface area contributed by atoms with Gasteiger partial charge >= 0.3 is 0 Å². The molecule has 1 N–H and O–H groups in total. The summed E-state index contributed by atoms with van der Waals surface area (Å²) < 4.78 is 2.17. The summed E-state index contributed by atoms with van der Waals surface area (Å²) in [7, 11) is 2.08. The average molecular weight is 300 g/mol. The summed E-state index contributed by atoms with van der Waals surface area (Å²) in [5.74, 6) is 0. The van der Waals surface area contributed by atoms with Crippen LogP contribution in [-0.4, -0.2) is 26.1 Å². The standard InChI is InChI=1S/C16H20N4S/c1-3-10-20-15(13-8-6-11-19(13)2)14(18-16(20)21)12-7-4-5-9-17-12/h4-9,11,14-15H,3,10H2,1-2H3,(H,18,21). The van der Waals surface area contributed by atoms with Gasteiger partial charge in [-0.2, -0.15) is 0 Å². The number of pyridine rings is 1. The molecular formula is C16H20N4S. The van der Waals surface area contributed by atoms with Crippen molar-refractivity contribution in [2.45, 2.75) is 25.4 Å². The van der Waals surface area contributed by atoms with Crippen LogP contribution in [0.3, 0.4) is 0 Å². The monoisotopic (exact) mass is 300 g/mol. The Morgan fingerprint density at radius 1 is 1.29 bits per heavy atom. The SMILES string of the molecule is CCCN1C(=S)NC(c2ccccn2)C1c1cccn1C. The molecule has 0 spiro atoms. The molecule has 0 bridgehead atoms. The van der Waals surface area contributed by atoms with Crippen molar-refractivity contribution < 1.29 is 0 Å². The number of aryl methyl sites for hydroxylation is 1. The van der Waals surface area contributed by atoms with Crippen molar-refractivity contribution in [1.82, 2.24) is 19.8 Å². The van der Waals surface area contributed by atoms with Gasteiger partial charge in [-0.25, -0.2) is 0 Å². The normalized spacial score (nSPS) is 21.6. The number of nitrogens with one attached hydrogen (secondary N) is 1. The first-order chi connectivity index (χ1) is 10.2. The van der Waals surface area contributed by atoms with E-state index in [0.717, 1.165) is 23.8 Å². The lowest BCUT2D eigenvalue weighted by molar-refractivity contribution is 0.306. The van der Waals surface area contributed by atoms with Crippen molar-refractivity contribution in [3.05, 3.63) is 54.1 Å². The number of hydrogen-bond donors (Lipinski definition) is 1. The van der Waals surface area contributed by atoms with Crippen LogP contribution >= 0.6 is 12.2 Å². The fourth-order valence-corrected chi connectivity index (χ4v) is 3.32. The summed E-state index contributed by atoms with van der Waals surface area (Å²) in [5.41, 5.74) is 2.29. The van der Waals surface area contributed by atoms with E-state index in [2.05, 4.69) is 58.1 Å². The van der Waals surface area contributed by atoms with E-state index in [9.17, 15) is 0 Å². The molecule has 4 nitrogen and oxygen atoms in total. The first-order valence-electron chi connectivity index (χ1n) is 7.31. The highest BCUT2D eigenvalue weighted by molar-refractivity contribution is 7.80. The van der Waals surface area contributed by atoms with Crippen molar-refractivity contribution in [2.24, 2.45) is 7.05 Å². The fraction of sp³-hybridized carbons (Fsp3) is 0.375. The summed E-state index contributed by atoms with van der Waals surface area (Å²) in [5, 5.41) is 4.27. The fourth-order valence-electron chi connectivity index (χ4n) is 2.99. The molecular weight excluding hydrogens is 280 g/mol. The van der Waals surface area contributed by atoms with Crippen LogP contribution in [0.1, 0.15) is 36.8 Å². The van der Waals surface area contributed by atoms with Gasteiger partial charge in [0.15, 0.2) is 5.11 Å². The van der Waals surface area contributed by atoms with Crippen LogP contribution in [-0.2, 0) is 7.05 Å². The van der Waals surface area contributed by atoms with E-state index in [1.165, 1.54) is 5.69 Å². The van der Waals surface area contributed by atoms with E-state index < -0.39 is 0 Å². The van der Waals surface area contributed by atoms with Gasteiger partial charge in [0, 0.05) is 31.7 Å². The summed E-state index contributed by atoms with van der Waals surface area (Å²) >= 11 is 5.56. The Bertz CT molecular complexity index is 622. The molecule has 2 aromatic rings. The Labute approximate surface area is 130 Å². The predicted molar refractivity (Wildman–Crippen MR) is 87.9 cm³/mol. The smallest absolute Gasteiger partial charge is 0.170 e. The van der Waals surface area contributed by atoms with Gasteiger partial charge in [-0.3, -0.25) is 4.98 Å². The van der Waals surface area contributed by atoms with Crippen molar-refractivity contribution in [3.63, 3.8) is 0 Å². The molecule has 0 saturated carbocycles. The largest absolute Gasteiger partial charge is 0.353 e. The Morgan fingerprint density at radius 2 is 2.14 bits per heavy atom. The molecule has 1 aliphatic heterocycles. The van der Waals surface area contributed by atoms with Gasteiger partial charge in [0.05, 0.1) is 17.8 Å². The van der Waals surface area contributed by atoms with E-state index in [1.54, 1.807) is 0 Å².